The molecular formula is C20H31IN4O2. The van der Waals surface area contributed by atoms with E-state index in [0.717, 1.165) is 17.8 Å². The molecule has 150 valence electrons. The highest BCUT2D eigenvalue weighted by Gasteiger charge is 2.26. The van der Waals surface area contributed by atoms with Crippen LogP contribution in [0.3, 0.4) is 0 Å². The highest BCUT2D eigenvalue weighted by molar-refractivity contribution is 14.0. The summed E-state index contributed by atoms with van der Waals surface area (Å²) in [4.78, 5) is 6.76. The van der Waals surface area contributed by atoms with Gasteiger partial charge in [0.15, 0.2) is 5.96 Å². The van der Waals surface area contributed by atoms with Crippen LogP contribution in [-0.2, 0) is 12.1 Å². The Kier molecular flexibility index (Phi) is 9.11. The molecule has 0 spiro atoms. The van der Waals surface area contributed by atoms with E-state index in [0.29, 0.717) is 24.8 Å². The van der Waals surface area contributed by atoms with Gasteiger partial charge in [0.05, 0.1) is 19.4 Å². The smallest absolute Gasteiger partial charge is 0.191 e. The molecule has 0 radical (unpaired) electrons. The third-order valence-corrected chi connectivity index (χ3v) is 4.13. The van der Waals surface area contributed by atoms with E-state index in [4.69, 9.17) is 4.42 Å². The lowest BCUT2D eigenvalue weighted by Gasteiger charge is -2.23. The van der Waals surface area contributed by atoms with Crippen LogP contribution in [0.2, 0.25) is 0 Å². The monoisotopic (exact) mass is 486 g/mol. The Hall–Kier alpha value is -1.74. The number of hydrogen-bond donors (Lipinski definition) is 3. The van der Waals surface area contributed by atoms with Crippen molar-refractivity contribution in [2.75, 3.05) is 32.1 Å². The summed E-state index contributed by atoms with van der Waals surface area (Å²) in [5.74, 6) is 1.18. The minimum Gasteiger partial charge on any atom is -0.466 e. The van der Waals surface area contributed by atoms with Crippen LogP contribution in [0.15, 0.2) is 46.0 Å². The van der Waals surface area contributed by atoms with Gasteiger partial charge in [0.1, 0.15) is 11.4 Å². The molecule has 1 aromatic heterocycles. The Morgan fingerprint density at radius 1 is 1.26 bits per heavy atom. The molecule has 1 unspecified atom stereocenters. The van der Waals surface area contributed by atoms with Crippen LogP contribution < -0.4 is 15.5 Å². The predicted octanol–water partition coefficient (Wildman–Crippen LogP) is 3.23. The van der Waals surface area contributed by atoms with Crippen LogP contribution in [0, 0.1) is 6.92 Å². The van der Waals surface area contributed by atoms with E-state index < -0.39 is 5.60 Å². The second-order valence-corrected chi connectivity index (χ2v) is 6.83. The first-order valence-corrected chi connectivity index (χ1v) is 8.89. The fourth-order valence-electron chi connectivity index (χ4n) is 2.66. The van der Waals surface area contributed by atoms with E-state index in [-0.39, 0.29) is 24.0 Å². The average molecular weight is 486 g/mol. The molecule has 1 atom stereocenters. The third kappa shape index (κ3) is 6.73. The van der Waals surface area contributed by atoms with Gasteiger partial charge in [-0.15, -0.1) is 24.0 Å². The van der Waals surface area contributed by atoms with Crippen LogP contribution >= 0.6 is 24.0 Å². The van der Waals surface area contributed by atoms with Crippen molar-refractivity contribution in [2.24, 2.45) is 4.99 Å². The van der Waals surface area contributed by atoms with E-state index in [1.54, 1.807) is 25.3 Å². The first-order valence-electron chi connectivity index (χ1n) is 8.89. The Morgan fingerprint density at radius 2 is 2.00 bits per heavy atom. The number of furan rings is 1. The number of rotatable bonds is 7. The summed E-state index contributed by atoms with van der Waals surface area (Å²) in [5, 5.41) is 17.0. The zero-order valence-corrected chi connectivity index (χ0v) is 19.1. The quantitative estimate of drug-likeness (QED) is 0.319. The molecule has 27 heavy (non-hydrogen) atoms. The van der Waals surface area contributed by atoms with E-state index in [2.05, 4.69) is 45.6 Å². The molecule has 0 amide bonds. The van der Waals surface area contributed by atoms with Crippen LogP contribution in [0.5, 0.6) is 0 Å². The van der Waals surface area contributed by atoms with Crippen LogP contribution in [0.4, 0.5) is 5.69 Å². The number of benzene rings is 1. The van der Waals surface area contributed by atoms with Gasteiger partial charge in [-0.3, -0.25) is 0 Å². The molecule has 6 nitrogen and oxygen atoms in total. The van der Waals surface area contributed by atoms with Crippen molar-refractivity contribution in [3.8, 4) is 0 Å². The van der Waals surface area contributed by atoms with Gasteiger partial charge >= 0.3 is 0 Å². The van der Waals surface area contributed by atoms with Gasteiger partial charge in [0, 0.05) is 26.3 Å². The molecule has 2 rings (SSSR count). The van der Waals surface area contributed by atoms with Gasteiger partial charge in [0.2, 0.25) is 0 Å². The first kappa shape index (κ1) is 23.3. The van der Waals surface area contributed by atoms with Crippen molar-refractivity contribution in [1.29, 1.82) is 0 Å². The molecule has 0 aliphatic rings. The zero-order chi connectivity index (χ0) is 19.2. The average Bonchev–Trinajstić information content (AvgIpc) is 3.13. The van der Waals surface area contributed by atoms with Gasteiger partial charge in [-0.2, -0.15) is 0 Å². The van der Waals surface area contributed by atoms with Crippen molar-refractivity contribution >= 4 is 35.6 Å². The fourth-order valence-corrected chi connectivity index (χ4v) is 2.66. The van der Waals surface area contributed by atoms with Crippen LogP contribution in [0.25, 0.3) is 0 Å². The maximum absolute atomic E-state index is 10.6. The third-order valence-electron chi connectivity index (χ3n) is 4.13. The topological polar surface area (TPSA) is 73.0 Å². The number of nitrogens with one attached hydrogen (secondary N) is 2. The van der Waals surface area contributed by atoms with Gasteiger partial charge in [-0.1, -0.05) is 12.1 Å². The molecule has 7 heteroatoms. The van der Waals surface area contributed by atoms with Gasteiger partial charge in [-0.25, -0.2) is 4.99 Å². The predicted molar refractivity (Wildman–Crippen MR) is 122 cm³/mol. The lowest BCUT2D eigenvalue weighted by molar-refractivity contribution is 0.0386. The lowest BCUT2D eigenvalue weighted by atomic mass is 10.0. The summed E-state index contributed by atoms with van der Waals surface area (Å²) in [7, 11) is 4.07. The maximum atomic E-state index is 10.6. The van der Waals surface area contributed by atoms with E-state index in [9.17, 15) is 5.11 Å². The summed E-state index contributed by atoms with van der Waals surface area (Å²) >= 11 is 0. The van der Waals surface area contributed by atoms with E-state index in [1.807, 2.05) is 21.0 Å². The highest BCUT2D eigenvalue weighted by Crippen LogP contribution is 2.21. The Labute approximate surface area is 179 Å². The Morgan fingerprint density at radius 3 is 2.59 bits per heavy atom. The molecule has 0 fully saturated rings. The minimum atomic E-state index is -1.11. The molecule has 0 saturated carbocycles. The lowest BCUT2D eigenvalue weighted by Crippen LogP contribution is -2.44. The molecule has 2 aromatic rings. The van der Waals surface area contributed by atoms with Crippen LogP contribution in [-0.4, -0.2) is 38.3 Å². The van der Waals surface area contributed by atoms with Crippen molar-refractivity contribution in [3.63, 3.8) is 0 Å². The van der Waals surface area contributed by atoms with Crippen molar-refractivity contribution < 1.29 is 9.52 Å². The van der Waals surface area contributed by atoms with E-state index in [1.165, 1.54) is 5.56 Å². The number of hydrogen-bond acceptors (Lipinski definition) is 4. The number of nitrogens with zero attached hydrogens (tertiary/aromatic N) is 2. The largest absolute Gasteiger partial charge is 0.466 e. The van der Waals surface area contributed by atoms with Crippen molar-refractivity contribution in [2.45, 2.75) is 32.9 Å². The van der Waals surface area contributed by atoms with Crippen molar-refractivity contribution in [3.05, 3.63) is 53.5 Å². The summed E-state index contributed by atoms with van der Waals surface area (Å²) in [6.07, 6.45) is 1.56. The van der Waals surface area contributed by atoms with Crippen LogP contribution in [0.1, 0.15) is 30.7 Å². The molecule has 1 aromatic carbocycles. The molecule has 3 N–H and O–H groups in total. The number of aliphatic imine (C=N–C) groups is 1. The number of guanidine groups is 1. The maximum Gasteiger partial charge on any atom is 0.191 e. The van der Waals surface area contributed by atoms with Gasteiger partial charge < -0.3 is 25.1 Å². The second-order valence-electron chi connectivity index (χ2n) is 6.83. The standard InChI is InChI=1S/C20H30N4O2.HI/c1-6-21-19(23-14-20(3,25)18-8-7-11-26-18)22-13-16-10-9-15(2)12-17(16)24(4)5;/h7-12,25H,6,13-14H2,1-5H3,(H2,21,22,23);1H. The molecule has 0 aliphatic carbocycles. The number of aliphatic hydroxyl groups is 1. The fraction of sp³-hybridized carbons (Fsp3) is 0.450. The van der Waals surface area contributed by atoms with Crippen molar-refractivity contribution in [1.82, 2.24) is 10.6 Å². The molecule has 0 saturated heterocycles. The summed E-state index contributed by atoms with van der Waals surface area (Å²) in [6, 6.07) is 9.90. The molecular weight excluding hydrogens is 455 g/mol. The SMILES string of the molecule is CCNC(=NCc1ccc(C)cc1N(C)C)NCC(C)(O)c1ccco1.I. The minimum absolute atomic E-state index is 0. The van der Waals surface area contributed by atoms with E-state index >= 15 is 0 Å². The normalized spacial score (nSPS) is 13.5. The summed E-state index contributed by atoms with van der Waals surface area (Å²) < 4.78 is 5.32. The molecule has 0 bridgehead atoms. The zero-order valence-electron chi connectivity index (χ0n) is 16.7. The highest BCUT2D eigenvalue weighted by atomic mass is 127. The van der Waals surface area contributed by atoms with Gasteiger partial charge in [0.25, 0.3) is 0 Å². The number of aryl methyl sites for hydroxylation is 1. The summed E-state index contributed by atoms with van der Waals surface area (Å²) in [5.41, 5.74) is 2.42. The first-order chi connectivity index (χ1) is 12.3. The summed E-state index contributed by atoms with van der Waals surface area (Å²) in [6.45, 7) is 7.39. The number of anilines is 1. The number of halogens is 1. The second kappa shape index (κ2) is 10.6. The molecule has 1 heterocycles. The Balaban J connectivity index is 0.00000364. The Bertz CT molecular complexity index is 728. The van der Waals surface area contributed by atoms with Gasteiger partial charge in [-0.05, 0) is 50.1 Å². The molecule has 0 aliphatic heterocycles.